The Bertz CT molecular complexity index is 1150. The van der Waals surface area contributed by atoms with Crippen molar-refractivity contribution in [2.24, 2.45) is 35.0 Å². The molecule has 0 radical (unpaired) electrons. The van der Waals surface area contributed by atoms with Gasteiger partial charge in [-0.1, -0.05) is 52.8 Å². The number of esters is 2. The highest BCUT2D eigenvalue weighted by atomic mass is 16.6. The molecular weight excluding hydrogens is 488 g/mol. The van der Waals surface area contributed by atoms with Gasteiger partial charge in [0.2, 0.25) is 0 Å². The molecular formula is C30H42O8. The topological polar surface area (TPSA) is 130 Å². The summed E-state index contributed by atoms with van der Waals surface area (Å²) in [6.07, 6.45) is 4.41. The minimum atomic E-state index is -1.95. The molecule has 4 aliphatic rings. The highest BCUT2D eigenvalue weighted by Gasteiger charge is 2.88. The van der Waals surface area contributed by atoms with Crippen LogP contribution in [-0.2, 0) is 23.9 Å². The summed E-state index contributed by atoms with van der Waals surface area (Å²) in [4.78, 5) is 39.6. The normalized spacial score (nSPS) is 42.0. The van der Waals surface area contributed by atoms with Gasteiger partial charge >= 0.3 is 11.9 Å². The average Bonchev–Trinajstić information content (AvgIpc) is 3.30. The average molecular weight is 531 g/mol. The number of hydrogen-bond donors (Lipinski definition) is 3. The maximum absolute atomic E-state index is 13.2. The van der Waals surface area contributed by atoms with Gasteiger partial charge in [-0.05, 0) is 38.3 Å². The van der Waals surface area contributed by atoms with Gasteiger partial charge < -0.3 is 24.8 Å². The summed E-state index contributed by atoms with van der Waals surface area (Å²) in [6.45, 7) is 13.8. The minimum Gasteiger partial charge on any atom is -0.457 e. The van der Waals surface area contributed by atoms with Crippen molar-refractivity contribution in [1.82, 2.24) is 0 Å². The van der Waals surface area contributed by atoms with Crippen molar-refractivity contribution in [2.45, 2.75) is 91.1 Å². The molecule has 0 aliphatic heterocycles. The van der Waals surface area contributed by atoms with Crippen molar-refractivity contribution >= 4 is 17.7 Å². The van der Waals surface area contributed by atoms with Gasteiger partial charge in [0.15, 0.2) is 11.4 Å². The Labute approximate surface area is 224 Å². The van der Waals surface area contributed by atoms with E-state index in [9.17, 15) is 29.7 Å². The fourth-order valence-electron chi connectivity index (χ4n) is 7.58. The van der Waals surface area contributed by atoms with Gasteiger partial charge in [-0.25, -0.2) is 4.79 Å². The molecule has 0 heterocycles. The minimum absolute atomic E-state index is 0.124. The molecule has 4 aliphatic carbocycles. The number of carbonyl (C=O) groups excluding carboxylic acids is 3. The number of carbonyl (C=O) groups is 3. The lowest BCUT2D eigenvalue weighted by Gasteiger charge is -2.53. The van der Waals surface area contributed by atoms with Gasteiger partial charge in [-0.15, -0.1) is 0 Å². The monoisotopic (exact) mass is 530 g/mol. The van der Waals surface area contributed by atoms with Crippen molar-refractivity contribution in [1.29, 1.82) is 0 Å². The predicted octanol–water partition coefficient (Wildman–Crippen LogP) is 3.04. The zero-order valence-corrected chi connectivity index (χ0v) is 23.7. The van der Waals surface area contributed by atoms with E-state index in [1.165, 1.54) is 0 Å². The molecule has 4 rings (SSSR count). The third kappa shape index (κ3) is 3.56. The van der Waals surface area contributed by atoms with Crippen LogP contribution in [0.25, 0.3) is 0 Å². The second-order valence-corrected chi connectivity index (χ2v) is 12.5. The lowest BCUT2D eigenvalue weighted by Crippen LogP contribution is -2.66. The molecule has 9 atom stereocenters. The van der Waals surface area contributed by atoms with Crippen molar-refractivity contribution in [2.75, 3.05) is 6.61 Å². The number of ether oxygens (including phenoxy) is 2. The summed E-state index contributed by atoms with van der Waals surface area (Å²) in [5, 5.41) is 34.7. The van der Waals surface area contributed by atoms with Crippen LogP contribution in [0.4, 0.5) is 0 Å². The van der Waals surface area contributed by atoms with Gasteiger partial charge in [0, 0.05) is 41.1 Å². The van der Waals surface area contributed by atoms with Crippen LogP contribution in [0.1, 0.15) is 68.2 Å². The molecule has 0 spiro atoms. The van der Waals surface area contributed by atoms with Crippen LogP contribution in [0.2, 0.25) is 0 Å². The van der Waals surface area contributed by atoms with Crippen LogP contribution in [0.3, 0.4) is 0 Å². The molecule has 8 nitrogen and oxygen atoms in total. The molecule has 0 aromatic rings. The fourth-order valence-corrected chi connectivity index (χ4v) is 7.58. The molecule has 0 bridgehead atoms. The van der Waals surface area contributed by atoms with Gasteiger partial charge in [0.1, 0.15) is 11.7 Å². The maximum atomic E-state index is 13.2. The summed E-state index contributed by atoms with van der Waals surface area (Å²) in [5.41, 5.74) is -4.49. The van der Waals surface area contributed by atoms with Crippen molar-refractivity contribution in [3.8, 4) is 0 Å². The molecule has 2 fully saturated rings. The van der Waals surface area contributed by atoms with Crippen molar-refractivity contribution in [3.63, 3.8) is 0 Å². The Balaban J connectivity index is 1.95. The molecule has 38 heavy (non-hydrogen) atoms. The van der Waals surface area contributed by atoms with Crippen LogP contribution in [-0.4, -0.2) is 62.6 Å². The Hall–Kier alpha value is -2.29. The van der Waals surface area contributed by atoms with Crippen molar-refractivity contribution in [3.05, 3.63) is 34.9 Å². The first kappa shape index (κ1) is 28.7. The fraction of sp³-hybridized carbons (Fsp3) is 0.700. The number of fused-ring (bicyclic) bond motifs is 5. The van der Waals surface area contributed by atoms with Gasteiger partial charge in [-0.3, -0.25) is 9.59 Å². The van der Waals surface area contributed by atoms with E-state index in [-0.39, 0.29) is 6.42 Å². The summed E-state index contributed by atoms with van der Waals surface area (Å²) < 4.78 is 12.4. The Morgan fingerprint density at radius 1 is 1.24 bits per heavy atom. The van der Waals surface area contributed by atoms with Crippen LogP contribution >= 0.6 is 0 Å². The number of Topliss-reactive ketones (excluding diaryl/α,β-unsaturated/α-hetero) is 1. The van der Waals surface area contributed by atoms with Crippen LogP contribution in [0, 0.1) is 35.0 Å². The summed E-state index contributed by atoms with van der Waals surface area (Å²) >= 11 is 0. The summed E-state index contributed by atoms with van der Waals surface area (Å²) in [6, 6.07) is 0. The van der Waals surface area contributed by atoms with E-state index >= 15 is 0 Å². The smallest absolute Gasteiger partial charge is 0.334 e. The van der Waals surface area contributed by atoms with E-state index in [0.29, 0.717) is 23.1 Å². The maximum Gasteiger partial charge on any atom is 0.334 e. The molecule has 1 unspecified atom stereocenters. The standard InChI is InChI=1S/C30H42O8/c1-9-15(3)25(33)37-24-18(6)29(36)20(22-27(7,8)30(22,24)38-26(34)16(4)10-2)12-19(14-31)13-28(35)21(29)11-17(5)23(28)32/h10-12,15,18,20-22,24,31,35-36H,9,13-14H2,1-8H3/b16-10+/t15?,18-,20+,21-,22-,24-,28-,29-,30-/m1/s1. The molecule has 2 saturated carbocycles. The van der Waals surface area contributed by atoms with Crippen molar-refractivity contribution < 1.29 is 39.2 Å². The Morgan fingerprint density at radius 2 is 1.87 bits per heavy atom. The van der Waals surface area contributed by atoms with E-state index in [1.807, 2.05) is 20.8 Å². The SMILES string of the molecule is C/C=C(\C)C(=O)O[C@@]12[C@H](OC(=O)C(C)CC)[C@@H](C)[C@@]3(O)[C@@H](C=C(CO)C[C@]4(O)C(=O)C(C)=C[C@@H]34)[C@@H]1C2(C)C. The molecule has 0 amide bonds. The summed E-state index contributed by atoms with van der Waals surface area (Å²) in [7, 11) is 0. The van der Waals surface area contributed by atoms with E-state index in [1.54, 1.807) is 52.8 Å². The zero-order valence-electron chi connectivity index (χ0n) is 23.7. The number of aliphatic hydroxyl groups excluding tert-OH is 1. The predicted molar refractivity (Wildman–Crippen MR) is 139 cm³/mol. The molecule has 8 heteroatoms. The Morgan fingerprint density at radius 3 is 2.42 bits per heavy atom. The highest BCUT2D eigenvalue weighted by Crippen LogP contribution is 2.77. The van der Waals surface area contributed by atoms with Gasteiger partial charge in [0.05, 0.1) is 18.1 Å². The first-order chi connectivity index (χ1) is 17.6. The van der Waals surface area contributed by atoms with Crippen LogP contribution < -0.4 is 0 Å². The molecule has 3 N–H and O–H groups in total. The first-order valence-corrected chi connectivity index (χ1v) is 13.6. The molecule has 0 aromatic heterocycles. The second kappa shape index (κ2) is 9.14. The third-order valence-corrected chi connectivity index (χ3v) is 10.2. The number of rotatable bonds is 6. The number of ketones is 1. The third-order valence-electron chi connectivity index (χ3n) is 10.2. The number of allylic oxidation sites excluding steroid dienone is 1. The highest BCUT2D eigenvalue weighted by molar-refractivity contribution is 6.04. The number of hydrogen-bond acceptors (Lipinski definition) is 8. The Kier molecular flexibility index (Phi) is 6.90. The lowest BCUT2D eigenvalue weighted by atomic mass is 9.59. The van der Waals surface area contributed by atoms with Gasteiger partial charge in [0.25, 0.3) is 0 Å². The van der Waals surface area contributed by atoms with E-state index in [0.717, 1.165) is 0 Å². The van der Waals surface area contributed by atoms with Crippen LogP contribution in [0.15, 0.2) is 34.9 Å². The van der Waals surface area contributed by atoms with E-state index in [4.69, 9.17) is 9.47 Å². The first-order valence-electron chi connectivity index (χ1n) is 13.6. The molecule has 0 saturated heterocycles. The quantitative estimate of drug-likeness (QED) is 0.271. The zero-order chi connectivity index (χ0) is 28.6. The molecule has 210 valence electrons. The van der Waals surface area contributed by atoms with E-state index in [2.05, 4.69) is 0 Å². The van der Waals surface area contributed by atoms with E-state index < -0.39 is 82.2 Å². The largest absolute Gasteiger partial charge is 0.457 e. The molecule has 0 aromatic carbocycles. The lowest BCUT2D eigenvalue weighted by molar-refractivity contribution is -0.229. The van der Waals surface area contributed by atoms with Crippen LogP contribution in [0.5, 0.6) is 0 Å². The number of aliphatic hydroxyl groups is 3. The summed E-state index contributed by atoms with van der Waals surface area (Å²) in [5.74, 6) is -4.94. The second-order valence-electron chi connectivity index (χ2n) is 12.5. The van der Waals surface area contributed by atoms with Gasteiger partial charge in [-0.2, -0.15) is 0 Å².